The van der Waals surface area contributed by atoms with Crippen molar-refractivity contribution in [3.63, 3.8) is 0 Å². The molecule has 0 spiro atoms. The first-order valence-electron chi connectivity index (χ1n) is 7.75. The van der Waals surface area contributed by atoms with Crippen LogP contribution >= 0.6 is 11.5 Å². The fraction of sp³-hybridized carbons (Fsp3) is 0.158. The van der Waals surface area contributed by atoms with E-state index in [1.165, 1.54) is 11.5 Å². The number of amides is 1. The second-order valence-corrected chi connectivity index (χ2v) is 6.52. The highest BCUT2D eigenvalue weighted by Crippen LogP contribution is 2.45. The number of ether oxygens (including phenoxy) is 1. The van der Waals surface area contributed by atoms with E-state index in [0.717, 1.165) is 33.1 Å². The number of hydrogen-bond acceptors (Lipinski definition) is 4. The summed E-state index contributed by atoms with van der Waals surface area (Å²) in [7, 11) is 1.65. The van der Waals surface area contributed by atoms with Gasteiger partial charge in [-0.2, -0.15) is 4.37 Å². The minimum absolute atomic E-state index is 0.0128. The summed E-state index contributed by atoms with van der Waals surface area (Å²) < 4.78 is 9.94. The highest BCUT2D eigenvalue weighted by Gasteiger charge is 2.31. The van der Waals surface area contributed by atoms with Gasteiger partial charge in [0.1, 0.15) is 11.4 Å². The molecule has 1 aliphatic heterocycles. The molecule has 0 saturated carbocycles. The summed E-state index contributed by atoms with van der Waals surface area (Å²) in [6, 6.07) is 17.9. The molecule has 1 aromatic heterocycles. The van der Waals surface area contributed by atoms with Crippen LogP contribution in [0.5, 0.6) is 5.75 Å². The lowest BCUT2D eigenvalue weighted by Gasteiger charge is -2.23. The lowest BCUT2D eigenvalue weighted by atomic mass is 9.89. The van der Waals surface area contributed by atoms with E-state index < -0.39 is 0 Å². The van der Waals surface area contributed by atoms with Gasteiger partial charge in [-0.15, -0.1) is 0 Å². The van der Waals surface area contributed by atoms with Crippen molar-refractivity contribution in [2.45, 2.75) is 12.3 Å². The van der Waals surface area contributed by atoms with Crippen LogP contribution in [-0.4, -0.2) is 17.4 Å². The Morgan fingerprint density at radius 2 is 2.00 bits per heavy atom. The van der Waals surface area contributed by atoms with Crippen molar-refractivity contribution in [3.8, 4) is 17.0 Å². The number of anilines is 1. The van der Waals surface area contributed by atoms with Crippen LogP contribution in [0, 0.1) is 0 Å². The molecule has 4 nitrogen and oxygen atoms in total. The van der Waals surface area contributed by atoms with E-state index in [1.54, 1.807) is 7.11 Å². The molecule has 1 aliphatic rings. The van der Waals surface area contributed by atoms with Crippen LogP contribution in [0.3, 0.4) is 0 Å². The van der Waals surface area contributed by atoms with Gasteiger partial charge in [-0.1, -0.05) is 42.5 Å². The monoisotopic (exact) mass is 336 g/mol. The predicted molar refractivity (Wildman–Crippen MR) is 95.6 cm³/mol. The van der Waals surface area contributed by atoms with Gasteiger partial charge in [0, 0.05) is 17.9 Å². The smallest absolute Gasteiger partial charge is 0.225 e. The number of nitrogens with one attached hydrogen (secondary N) is 1. The summed E-state index contributed by atoms with van der Waals surface area (Å²) in [6.07, 6.45) is 0.427. The van der Waals surface area contributed by atoms with Gasteiger partial charge < -0.3 is 10.1 Å². The summed E-state index contributed by atoms with van der Waals surface area (Å²) in [5.74, 6) is 0.833. The van der Waals surface area contributed by atoms with Crippen molar-refractivity contribution in [1.29, 1.82) is 0 Å². The van der Waals surface area contributed by atoms with E-state index >= 15 is 0 Å². The van der Waals surface area contributed by atoms with Crippen molar-refractivity contribution in [1.82, 2.24) is 4.37 Å². The van der Waals surface area contributed by atoms with Crippen molar-refractivity contribution >= 4 is 23.1 Å². The van der Waals surface area contributed by atoms with Gasteiger partial charge in [0.25, 0.3) is 0 Å². The lowest BCUT2D eigenvalue weighted by Crippen LogP contribution is -2.22. The number of rotatable bonds is 3. The molecule has 3 aromatic rings. The highest BCUT2D eigenvalue weighted by molar-refractivity contribution is 7.07. The zero-order chi connectivity index (χ0) is 16.5. The van der Waals surface area contributed by atoms with Gasteiger partial charge in [-0.25, -0.2) is 0 Å². The van der Waals surface area contributed by atoms with Crippen molar-refractivity contribution in [2.75, 3.05) is 12.4 Å². The minimum Gasteiger partial charge on any atom is -0.497 e. The van der Waals surface area contributed by atoms with E-state index in [-0.39, 0.29) is 11.8 Å². The topological polar surface area (TPSA) is 51.2 Å². The molecule has 0 radical (unpaired) electrons. The maximum absolute atomic E-state index is 12.3. The second-order valence-electron chi connectivity index (χ2n) is 5.72. The molecule has 0 fully saturated rings. The normalized spacial score (nSPS) is 16.4. The molecule has 5 heteroatoms. The fourth-order valence-electron chi connectivity index (χ4n) is 3.05. The number of aromatic nitrogens is 1. The zero-order valence-corrected chi connectivity index (χ0v) is 14.0. The molecule has 120 valence electrons. The molecule has 1 amide bonds. The van der Waals surface area contributed by atoms with Crippen LogP contribution in [0.25, 0.3) is 11.3 Å². The quantitative estimate of drug-likeness (QED) is 0.776. The van der Waals surface area contributed by atoms with Crippen molar-refractivity contribution < 1.29 is 9.53 Å². The van der Waals surface area contributed by atoms with Crippen LogP contribution in [0.1, 0.15) is 22.8 Å². The maximum atomic E-state index is 12.3. The Kier molecular flexibility index (Phi) is 3.78. The SMILES string of the molecule is COc1cccc([C@@H]2CC(=O)Nc3c(-c4ccccc4)nsc32)c1. The third kappa shape index (κ3) is 2.57. The molecule has 2 heterocycles. The van der Waals surface area contributed by atoms with Gasteiger partial charge >= 0.3 is 0 Å². The number of benzene rings is 2. The molecule has 1 N–H and O–H groups in total. The number of nitrogens with zero attached hydrogens (tertiary/aromatic N) is 1. The molecule has 0 saturated heterocycles. The number of fused-ring (bicyclic) bond motifs is 1. The molecule has 24 heavy (non-hydrogen) atoms. The van der Waals surface area contributed by atoms with Crippen molar-refractivity contribution in [3.05, 3.63) is 65.0 Å². The molecular formula is C19H16N2O2S. The average molecular weight is 336 g/mol. The number of hydrogen-bond donors (Lipinski definition) is 1. The third-order valence-electron chi connectivity index (χ3n) is 4.23. The van der Waals surface area contributed by atoms with E-state index in [2.05, 4.69) is 9.69 Å². The van der Waals surface area contributed by atoms with Crippen LogP contribution in [-0.2, 0) is 4.79 Å². The Morgan fingerprint density at radius 3 is 2.79 bits per heavy atom. The van der Waals surface area contributed by atoms with Gasteiger partial charge in [0.2, 0.25) is 5.91 Å². The standard InChI is InChI=1S/C19H16N2O2S/c1-23-14-9-5-8-13(10-14)15-11-16(22)20-18-17(21-24-19(15)18)12-6-3-2-4-7-12/h2-10,15H,11H2,1H3,(H,20,22)/t15-/m0/s1. The Balaban J connectivity index is 1.81. The van der Waals surface area contributed by atoms with Gasteiger partial charge in [0.05, 0.1) is 17.7 Å². The lowest BCUT2D eigenvalue weighted by molar-refractivity contribution is -0.116. The summed E-state index contributed by atoms with van der Waals surface area (Å²) in [5, 5.41) is 3.01. The number of carbonyl (C=O) groups is 1. The van der Waals surface area contributed by atoms with Crippen LogP contribution in [0.2, 0.25) is 0 Å². The third-order valence-corrected chi connectivity index (χ3v) is 5.19. The molecular weight excluding hydrogens is 320 g/mol. The number of carbonyl (C=O) groups excluding carboxylic acids is 1. The Hall–Kier alpha value is -2.66. The minimum atomic E-state index is 0.0128. The summed E-state index contributed by atoms with van der Waals surface area (Å²) in [4.78, 5) is 13.4. The molecule has 0 aliphatic carbocycles. The van der Waals surface area contributed by atoms with E-state index in [1.807, 2.05) is 54.6 Å². The molecule has 0 unspecified atom stereocenters. The van der Waals surface area contributed by atoms with Gasteiger partial charge in [-0.3, -0.25) is 4.79 Å². The fourth-order valence-corrected chi connectivity index (χ4v) is 4.02. The van der Waals surface area contributed by atoms with Gasteiger partial charge in [-0.05, 0) is 29.2 Å². The first-order valence-corrected chi connectivity index (χ1v) is 8.52. The summed E-state index contributed by atoms with van der Waals surface area (Å²) >= 11 is 1.46. The molecule has 1 atom stereocenters. The zero-order valence-electron chi connectivity index (χ0n) is 13.2. The largest absolute Gasteiger partial charge is 0.497 e. The Morgan fingerprint density at radius 1 is 1.17 bits per heavy atom. The summed E-state index contributed by atoms with van der Waals surface area (Å²) in [6.45, 7) is 0. The van der Waals surface area contributed by atoms with Crippen LogP contribution in [0.4, 0.5) is 5.69 Å². The molecule has 4 rings (SSSR count). The van der Waals surface area contributed by atoms with Crippen LogP contribution in [0.15, 0.2) is 54.6 Å². The summed E-state index contributed by atoms with van der Waals surface area (Å²) in [5.41, 5.74) is 3.78. The average Bonchev–Trinajstić information content (AvgIpc) is 3.05. The van der Waals surface area contributed by atoms with Crippen molar-refractivity contribution in [2.24, 2.45) is 0 Å². The Bertz CT molecular complexity index is 889. The highest BCUT2D eigenvalue weighted by atomic mass is 32.1. The first kappa shape index (κ1) is 14.9. The van der Waals surface area contributed by atoms with Gasteiger partial charge in [0.15, 0.2) is 0 Å². The van der Waals surface area contributed by atoms with E-state index in [0.29, 0.717) is 6.42 Å². The molecule has 2 aromatic carbocycles. The van der Waals surface area contributed by atoms with E-state index in [9.17, 15) is 4.79 Å². The van der Waals surface area contributed by atoms with E-state index in [4.69, 9.17) is 4.74 Å². The second kappa shape index (κ2) is 6.09. The van der Waals surface area contributed by atoms with Crippen LogP contribution < -0.4 is 10.1 Å². The predicted octanol–water partition coefficient (Wildman–Crippen LogP) is 4.29. The molecule has 0 bridgehead atoms. The Labute approximate surface area is 144 Å². The first-order chi connectivity index (χ1) is 11.8. The number of methoxy groups -OCH3 is 1. The maximum Gasteiger partial charge on any atom is 0.225 e.